The van der Waals surface area contributed by atoms with Gasteiger partial charge in [-0.15, -0.1) is 0 Å². The van der Waals surface area contributed by atoms with Crippen LogP contribution in [0.2, 0.25) is 0 Å². The third kappa shape index (κ3) is 3.96. The summed E-state index contributed by atoms with van der Waals surface area (Å²) in [5.41, 5.74) is 6.38. The van der Waals surface area contributed by atoms with Crippen LogP contribution >= 0.6 is 15.9 Å². The second-order valence-corrected chi connectivity index (χ2v) is 4.55. The Morgan fingerprint density at radius 1 is 1.11 bits per heavy atom. The molecule has 3 N–H and O–H groups in total. The highest BCUT2D eigenvalue weighted by Crippen LogP contribution is 2.22. The van der Waals surface area contributed by atoms with Gasteiger partial charge in [-0.2, -0.15) is 0 Å². The van der Waals surface area contributed by atoms with Gasteiger partial charge in [0.1, 0.15) is 5.82 Å². The van der Waals surface area contributed by atoms with Gasteiger partial charge in [-0.05, 0) is 46.3 Å². The van der Waals surface area contributed by atoms with E-state index in [0.717, 1.165) is 0 Å². The summed E-state index contributed by atoms with van der Waals surface area (Å²) < 4.78 is 13.4. The monoisotopic (exact) mass is 323 g/mol. The maximum atomic E-state index is 12.9. The molecule has 2 amide bonds. The van der Waals surface area contributed by atoms with E-state index < -0.39 is 6.03 Å². The van der Waals surface area contributed by atoms with Crippen molar-refractivity contribution in [3.05, 3.63) is 58.8 Å². The molecule has 2 rings (SSSR count). The van der Waals surface area contributed by atoms with Crippen molar-refractivity contribution in [3.8, 4) is 0 Å². The lowest BCUT2D eigenvalue weighted by Gasteiger charge is -2.11. The van der Waals surface area contributed by atoms with Crippen LogP contribution in [0.25, 0.3) is 0 Å². The van der Waals surface area contributed by atoms with Crippen molar-refractivity contribution in [1.82, 2.24) is 5.43 Å². The van der Waals surface area contributed by atoms with Gasteiger partial charge in [0.15, 0.2) is 0 Å². The highest BCUT2D eigenvalue weighted by atomic mass is 79.9. The quantitative estimate of drug-likeness (QED) is 0.754. The summed E-state index contributed by atoms with van der Waals surface area (Å²) in [6.07, 6.45) is 0. The molecule has 19 heavy (non-hydrogen) atoms. The topological polar surface area (TPSA) is 53.2 Å². The first-order chi connectivity index (χ1) is 9.15. The van der Waals surface area contributed by atoms with Crippen LogP contribution in [0.3, 0.4) is 0 Å². The van der Waals surface area contributed by atoms with Crippen LogP contribution in [0.4, 0.5) is 20.6 Å². The predicted molar refractivity (Wildman–Crippen MR) is 76.3 cm³/mol. The number of halogens is 2. The summed E-state index contributed by atoms with van der Waals surface area (Å²) in [7, 11) is 0. The molecule has 0 bridgehead atoms. The van der Waals surface area contributed by atoms with Crippen molar-refractivity contribution < 1.29 is 9.18 Å². The van der Waals surface area contributed by atoms with Gasteiger partial charge in [-0.1, -0.05) is 18.2 Å². The van der Waals surface area contributed by atoms with Gasteiger partial charge in [0, 0.05) is 10.2 Å². The van der Waals surface area contributed by atoms with Crippen LogP contribution in [0.15, 0.2) is 53.0 Å². The number of amides is 2. The molecule has 0 fully saturated rings. The Labute approximate surface area is 118 Å². The van der Waals surface area contributed by atoms with E-state index in [4.69, 9.17) is 0 Å². The lowest BCUT2D eigenvalue weighted by Crippen LogP contribution is -2.33. The van der Waals surface area contributed by atoms with Crippen molar-refractivity contribution in [2.24, 2.45) is 0 Å². The second-order valence-electron chi connectivity index (χ2n) is 3.69. The molecule has 0 saturated heterocycles. The molecule has 0 unspecified atom stereocenters. The highest BCUT2D eigenvalue weighted by Gasteiger charge is 2.03. The molecular weight excluding hydrogens is 313 g/mol. The summed E-state index contributed by atoms with van der Waals surface area (Å²) in [6.45, 7) is 0. The minimum atomic E-state index is -0.414. The molecule has 0 spiro atoms. The van der Waals surface area contributed by atoms with E-state index in [1.807, 2.05) is 18.2 Å². The Kier molecular flexibility index (Phi) is 4.35. The van der Waals surface area contributed by atoms with Gasteiger partial charge < -0.3 is 5.32 Å². The van der Waals surface area contributed by atoms with Gasteiger partial charge >= 0.3 is 6.03 Å². The molecule has 0 radical (unpaired) electrons. The third-order valence-electron chi connectivity index (χ3n) is 2.27. The maximum absolute atomic E-state index is 12.9. The number of carbonyl (C=O) groups excluding carboxylic acids is 1. The molecule has 0 aromatic heterocycles. The number of urea groups is 1. The van der Waals surface area contributed by atoms with Gasteiger partial charge in [0.05, 0.1) is 5.69 Å². The molecule has 0 atom stereocenters. The van der Waals surface area contributed by atoms with Crippen molar-refractivity contribution in [1.29, 1.82) is 0 Å². The number of anilines is 2. The summed E-state index contributed by atoms with van der Waals surface area (Å²) in [5, 5.41) is 2.64. The Morgan fingerprint density at radius 3 is 2.53 bits per heavy atom. The van der Waals surface area contributed by atoms with E-state index in [9.17, 15) is 9.18 Å². The van der Waals surface area contributed by atoms with Crippen LogP contribution in [-0.2, 0) is 0 Å². The first-order valence-corrected chi connectivity index (χ1v) is 6.27. The molecular formula is C13H11BrFN3O. The number of hydrogen-bond donors (Lipinski definition) is 3. The first-order valence-electron chi connectivity index (χ1n) is 5.48. The SMILES string of the molecule is O=C(NNc1ccc(F)cc1Br)Nc1ccccc1. The molecule has 2 aromatic carbocycles. The van der Waals surface area contributed by atoms with E-state index in [1.54, 1.807) is 12.1 Å². The van der Waals surface area contributed by atoms with Gasteiger partial charge in [0.25, 0.3) is 0 Å². The molecule has 2 aromatic rings. The zero-order valence-electron chi connectivity index (χ0n) is 9.78. The van der Waals surface area contributed by atoms with E-state index in [1.165, 1.54) is 18.2 Å². The largest absolute Gasteiger partial charge is 0.337 e. The number of nitrogens with one attached hydrogen (secondary N) is 3. The molecule has 0 aliphatic rings. The number of rotatable bonds is 3. The van der Waals surface area contributed by atoms with Crippen molar-refractivity contribution >= 4 is 33.3 Å². The molecule has 0 aliphatic heterocycles. The summed E-state index contributed by atoms with van der Waals surface area (Å²) in [6, 6.07) is 12.7. The fraction of sp³-hybridized carbons (Fsp3) is 0. The minimum Gasteiger partial charge on any atom is -0.307 e. The zero-order valence-corrected chi connectivity index (χ0v) is 11.4. The lowest BCUT2D eigenvalue weighted by atomic mass is 10.3. The number of hydrogen-bond acceptors (Lipinski definition) is 2. The fourth-order valence-electron chi connectivity index (χ4n) is 1.40. The molecule has 0 heterocycles. The zero-order chi connectivity index (χ0) is 13.7. The van der Waals surface area contributed by atoms with Crippen molar-refractivity contribution in [2.45, 2.75) is 0 Å². The smallest absolute Gasteiger partial charge is 0.307 e. The van der Waals surface area contributed by atoms with Crippen LogP contribution in [0.5, 0.6) is 0 Å². The van der Waals surface area contributed by atoms with E-state index >= 15 is 0 Å². The van der Waals surface area contributed by atoms with Crippen LogP contribution in [-0.4, -0.2) is 6.03 Å². The average molecular weight is 324 g/mol. The standard InChI is InChI=1S/C13H11BrFN3O/c14-11-8-9(15)6-7-12(11)17-18-13(19)16-10-4-2-1-3-5-10/h1-8,17H,(H2,16,18,19). The van der Waals surface area contributed by atoms with Crippen molar-refractivity contribution in [3.63, 3.8) is 0 Å². The Bertz CT molecular complexity index is 577. The number of hydrazine groups is 1. The second kappa shape index (κ2) is 6.19. The molecule has 4 nitrogen and oxygen atoms in total. The summed E-state index contributed by atoms with van der Waals surface area (Å²) in [4.78, 5) is 11.6. The Balaban J connectivity index is 1.90. The van der Waals surface area contributed by atoms with Crippen LogP contribution in [0, 0.1) is 5.82 Å². The number of para-hydroxylation sites is 1. The van der Waals surface area contributed by atoms with Crippen LogP contribution < -0.4 is 16.2 Å². The first kappa shape index (κ1) is 13.4. The van der Waals surface area contributed by atoms with E-state index in [2.05, 4.69) is 32.1 Å². The Morgan fingerprint density at radius 2 is 1.84 bits per heavy atom. The fourth-order valence-corrected chi connectivity index (χ4v) is 1.85. The molecule has 0 saturated carbocycles. The van der Waals surface area contributed by atoms with Gasteiger partial charge in [-0.25, -0.2) is 9.18 Å². The van der Waals surface area contributed by atoms with Gasteiger partial charge in [0.2, 0.25) is 0 Å². The molecule has 98 valence electrons. The summed E-state index contributed by atoms with van der Waals surface area (Å²) in [5.74, 6) is -0.355. The van der Waals surface area contributed by atoms with Crippen molar-refractivity contribution in [2.75, 3.05) is 10.7 Å². The summed E-state index contributed by atoms with van der Waals surface area (Å²) >= 11 is 3.19. The van der Waals surface area contributed by atoms with E-state index in [0.29, 0.717) is 15.8 Å². The van der Waals surface area contributed by atoms with Crippen LogP contribution in [0.1, 0.15) is 0 Å². The third-order valence-corrected chi connectivity index (χ3v) is 2.93. The number of carbonyl (C=O) groups is 1. The minimum absolute atomic E-state index is 0.355. The Hall–Kier alpha value is -2.08. The average Bonchev–Trinajstić information content (AvgIpc) is 2.39. The lowest BCUT2D eigenvalue weighted by molar-refractivity contribution is 0.254. The number of benzene rings is 2. The van der Waals surface area contributed by atoms with E-state index in [-0.39, 0.29) is 5.82 Å². The predicted octanol–water partition coefficient (Wildman–Crippen LogP) is 3.74. The van der Waals surface area contributed by atoms with Gasteiger partial charge in [-0.3, -0.25) is 10.9 Å². The molecule has 6 heteroatoms. The normalized spacial score (nSPS) is 9.79. The highest BCUT2D eigenvalue weighted by molar-refractivity contribution is 9.10. The molecule has 0 aliphatic carbocycles. The maximum Gasteiger partial charge on any atom is 0.337 e.